The second kappa shape index (κ2) is 8.45. The number of carbonyl (C=O) groups is 2. The van der Waals surface area contributed by atoms with Crippen LogP contribution in [-0.4, -0.2) is 41.2 Å². The average Bonchev–Trinajstić information content (AvgIpc) is 2.82. The third-order valence-corrected chi connectivity index (χ3v) is 6.57. The Kier molecular flexibility index (Phi) is 6.23. The van der Waals surface area contributed by atoms with Crippen molar-refractivity contribution in [3.63, 3.8) is 0 Å². The fourth-order valence-electron chi connectivity index (χ4n) is 4.80. The van der Waals surface area contributed by atoms with Crippen LogP contribution in [0.25, 0.3) is 0 Å². The van der Waals surface area contributed by atoms with Gasteiger partial charge in [0.25, 0.3) is 0 Å². The van der Waals surface area contributed by atoms with Gasteiger partial charge in [-0.25, -0.2) is 0 Å². The number of nitrogens with zero attached hydrogens (tertiary/aromatic N) is 2. The fraction of sp³-hybridized carbons (Fsp3) is 0.652. The summed E-state index contributed by atoms with van der Waals surface area (Å²) in [4.78, 5) is 29.9. The fourth-order valence-corrected chi connectivity index (χ4v) is 4.80. The summed E-state index contributed by atoms with van der Waals surface area (Å²) in [5.41, 5.74) is 0.908. The van der Waals surface area contributed by atoms with E-state index < -0.39 is 0 Å². The number of benzene rings is 1. The maximum Gasteiger partial charge on any atom is 0.229 e. The van der Waals surface area contributed by atoms with Crippen molar-refractivity contribution in [1.29, 1.82) is 0 Å². The van der Waals surface area contributed by atoms with Crippen LogP contribution < -0.4 is 0 Å². The van der Waals surface area contributed by atoms with Crippen LogP contribution in [0.4, 0.5) is 0 Å². The Morgan fingerprint density at radius 3 is 2.41 bits per heavy atom. The first-order valence-electron chi connectivity index (χ1n) is 10.5. The van der Waals surface area contributed by atoms with E-state index in [1.807, 2.05) is 36.9 Å². The second-order valence-corrected chi connectivity index (χ2v) is 8.84. The quantitative estimate of drug-likeness (QED) is 0.800. The van der Waals surface area contributed by atoms with Crippen molar-refractivity contribution >= 4 is 11.8 Å². The summed E-state index contributed by atoms with van der Waals surface area (Å²) in [6, 6.07) is 10.3. The van der Waals surface area contributed by atoms with Crippen LogP contribution in [0.2, 0.25) is 0 Å². The molecule has 2 amide bonds. The van der Waals surface area contributed by atoms with Crippen molar-refractivity contribution in [3.8, 4) is 0 Å². The maximum absolute atomic E-state index is 13.5. The number of piperidine rings is 1. The first kappa shape index (κ1) is 19.9. The van der Waals surface area contributed by atoms with Gasteiger partial charge in [-0.15, -0.1) is 0 Å². The minimum Gasteiger partial charge on any atom is -0.342 e. The van der Waals surface area contributed by atoms with E-state index in [1.165, 1.54) is 5.56 Å². The highest BCUT2D eigenvalue weighted by Gasteiger charge is 2.45. The zero-order valence-corrected chi connectivity index (χ0v) is 17.1. The van der Waals surface area contributed by atoms with E-state index in [4.69, 9.17) is 0 Å². The Morgan fingerprint density at radius 1 is 1.11 bits per heavy atom. The molecule has 2 heterocycles. The molecule has 1 unspecified atom stereocenters. The molecule has 0 bridgehead atoms. The molecule has 1 atom stereocenters. The largest absolute Gasteiger partial charge is 0.342 e. The number of carbonyl (C=O) groups excluding carboxylic acids is 2. The minimum atomic E-state index is -0.293. The van der Waals surface area contributed by atoms with E-state index in [1.54, 1.807) is 0 Å². The standard InChI is InChI=1S/C23H34N2O2/c1-18(2)21(26)24-15-11-20(12-16-24)23(3)13-7-8-14-25(22(23)27)17-19-9-5-4-6-10-19/h4-6,9-10,18,20H,7-8,11-17H2,1-3H3. The molecule has 2 aliphatic heterocycles. The molecule has 0 radical (unpaired) electrons. The molecule has 2 saturated heterocycles. The van der Waals surface area contributed by atoms with Crippen LogP contribution in [0.15, 0.2) is 30.3 Å². The second-order valence-electron chi connectivity index (χ2n) is 8.84. The van der Waals surface area contributed by atoms with Crippen molar-refractivity contribution in [3.05, 3.63) is 35.9 Å². The molecule has 2 aliphatic rings. The van der Waals surface area contributed by atoms with Gasteiger partial charge in [-0.1, -0.05) is 57.5 Å². The molecule has 1 aromatic carbocycles. The van der Waals surface area contributed by atoms with Crippen LogP contribution >= 0.6 is 0 Å². The van der Waals surface area contributed by atoms with Gasteiger partial charge in [-0.05, 0) is 37.2 Å². The molecular weight excluding hydrogens is 336 g/mol. The van der Waals surface area contributed by atoms with Crippen molar-refractivity contribution in [2.75, 3.05) is 19.6 Å². The molecular formula is C23H34N2O2. The van der Waals surface area contributed by atoms with E-state index in [9.17, 15) is 9.59 Å². The third kappa shape index (κ3) is 4.36. The van der Waals surface area contributed by atoms with Crippen LogP contribution in [-0.2, 0) is 16.1 Å². The summed E-state index contributed by atoms with van der Waals surface area (Å²) in [5.74, 6) is 0.990. The van der Waals surface area contributed by atoms with Crippen LogP contribution in [0.1, 0.15) is 58.4 Å². The lowest BCUT2D eigenvalue weighted by Gasteiger charge is -2.43. The van der Waals surface area contributed by atoms with Gasteiger partial charge in [0.05, 0.1) is 0 Å². The molecule has 0 spiro atoms. The van der Waals surface area contributed by atoms with Crippen molar-refractivity contribution < 1.29 is 9.59 Å². The number of likely N-dealkylation sites (tertiary alicyclic amines) is 2. The van der Waals surface area contributed by atoms with E-state index in [0.717, 1.165) is 51.7 Å². The van der Waals surface area contributed by atoms with E-state index >= 15 is 0 Å². The molecule has 0 saturated carbocycles. The van der Waals surface area contributed by atoms with Gasteiger partial charge in [-0.3, -0.25) is 9.59 Å². The molecule has 3 rings (SSSR count). The summed E-state index contributed by atoms with van der Waals surface area (Å²) in [6.45, 7) is 9.27. The highest BCUT2D eigenvalue weighted by molar-refractivity contribution is 5.83. The Bertz CT molecular complexity index is 650. The maximum atomic E-state index is 13.5. The van der Waals surface area contributed by atoms with E-state index in [2.05, 4.69) is 24.0 Å². The Labute approximate surface area is 163 Å². The van der Waals surface area contributed by atoms with Crippen molar-refractivity contribution in [2.45, 2.75) is 59.4 Å². The van der Waals surface area contributed by atoms with Gasteiger partial charge in [-0.2, -0.15) is 0 Å². The monoisotopic (exact) mass is 370 g/mol. The van der Waals surface area contributed by atoms with Gasteiger partial charge in [0, 0.05) is 37.5 Å². The Morgan fingerprint density at radius 2 is 1.78 bits per heavy atom. The molecule has 4 nitrogen and oxygen atoms in total. The van der Waals surface area contributed by atoms with E-state index in [-0.39, 0.29) is 17.2 Å². The first-order valence-corrected chi connectivity index (χ1v) is 10.5. The predicted octanol–water partition coefficient (Wildman–Crippen LogP) is 4.10. The zero-order chi connectivity index (χ0) is 19.4. The smallest absolute Gasteiger partial charge is 0.229 e. The molecule has 1 aromatic rings. The number of amides is 2. The Hall–Kier alpha value is -1.84. The highest BCUT2D eigenvalue weighted by Crippen LogP contribution is 2.43. The molecule has 0 aliphatic carbocycles. The lowest BCUT2D eigenvalue weighted by Crippen LogP contribution is -2.49. The molecule has 0 aromatic heterocycles. The Balaban J connectivity index is 1.69. The summed E-state index contributed by atoms with van der Waals surface area (Å²) >= 11 is 0. The zero-order valence-electron chi connectivity index (χ0n) is 17.1. The number of rotatable bonds is 4. The predicted molar refractivity (Wildman–Crippen MR) is 108 cm³/mol. The van der Waals surface area contributed by atoms with Gasteiger partial charge in [0.2, 0.25) is 11.8 Å². The molecule has 2 fully saturated rings. The first-order chi connectivity index (χ1) is 12.9. The summed E-state index contributed by atoms with van der Waals surface area (Å²) in [5, 5.41) is 0. The van der Waals surface area contributed by atoms with Gasteiger partial charge >= 0.3 is 0 Å². The topological polar surface area (TPSA) is 40.6 Å². The van der Waals surface area contributed by atoms with Gasteiger partial charge in [0.15, 0.2) is 0 Å². The number of hydrogen-bond donors (Lipinski definition) is 0. The SMILES string of the molecule is CC(C)C(=O)N1CCC(C2(C)CCCCN(Cc3ccccc3)C2=O)CC1. The lowest BCUT2D eigenvalue weighted by atomic mass is 9.69. The minimum absolute atomic E-state index is 0.0537. The summed E-state index contributed by atoms with van der Waals surface area (Å²) < 4.78 is 0. The van der Waals surface area contributed by atoms with Crippen molar-refractivity contribution in [1.82, 2.24) is 9.80 Å². The summed E-state index contributed by atoms with van der Waals surface area (Å²) in [7, 11) is 0. The van der Waals surface area contributed by atoms with Gasteiger partial charge in [0.1, 0.15) is 0 Å². The number of hydrogen-bond acceptors (Lipinski definition) is 2. The molecule has 27 heavy (non-hydrogen) atoms. The van der Waals surface area contributed by atoms with Crippen LogP contribution in [0.5, 0.6) is 0 Å². The molecule has 0 N–H and O–H groups in total. The normalized spacial score (nSPS) is 25.0. The van der Waals surface area contributed by atoms with E-state index in [0.29, 0.717) is 18.4 Å². The molecule has 4 heteroatoms. The van der Waals surface area contributed by atoms with Crippen LogP contribution in [0.3, 0.4) is 0 Å². The van der Waals surface area contributed by atoms with Crippen LogP contribution in [0, 0.1) is 17.3 Å². The molecule has 148 valence electrons. The summed E-state index contributed by atoms with van der Waals surface area (Å²) in [6.07, 6.45) is 5.05. The highest BCUT2D eigenvalue weighted by atomic mass is 16.2. The van der Waals surface area contributed by atoms with Crippen molar-refractivity contribution in [2.24, 2.45) is 17.3 Å². The average molecular weight is 371 g/mol. The third-order valence-electron chi connectivity index (χ3n) is 6.57. The lowest BCUT2D eigenvalue weighted by molar-refractivity contribution is -0.146. The van der Waals surface area contributed by atoms with Gasteiger partial charge < -0.3 is 9.80 Å².